The summed E-state index contributed by atoms with van der Waals surface area (Å²) in [6.07, 6.45) is 0.765. The van der Waals surface area contributed by atoms with Crippen LogP contribution in [0.15, 0.2) is 77.7 Å². The van der Waals surface area contributed by atoms with E-state index in [4.69, 9.17) is 11.6 Å². The van der Waals surface area contributed by atoms with Gasteiger partial charge in [0, 0.05) is 18.8 Å². The van der Waals surface area contributed by atoms with E-state index in [0.29, 0.717) is 5.69 Å². The van der Waals surface area contributed by atoms with Crippen molar-refractivity contribution in [2.24, 2.45) is 0 Å². The number of hydrogen-bond acceptors (Lipinski definition) is 3. The first-order chi connectivity index (χ1) is 14.3. The van der Waals surface area contributed by atoms with Gasteiger partial charge in [0.2, 0.25) is 0 Å². The first kappa shape index (κ1) is 20.4. The van der Waals surface area contributed by atoms with Gasteiger partial charge in [-0.25, -0.2) is 8.42 Å². The molecule has 5 nitrogen and oxygen atoms in total. The first-order valence-corrected chi connectivity index (χ1v) is 11.4. The van der Waals surface area contributed by atoms with Gasteiger partial charge >= 0.3 is 0 Å². The number of nitrogens with zero attached hydrogens (tertiary/aromatic N) is 2. The molecular weight excluding hydrogens is 420 g/mol. The lowest BCUT2D eigenvalue weighted by molar-refractivity contribution is 0.0981. The monoisotopic (exact) mass is 440 g/mol. The molecule has 0 unspecified atom stereocenters. The fourth-order valence-corrected chi connectivity index (χ4v) is 5.17. The van der Waals surface area contributed by atoms with E-state index in [9.17, 15) is 13.2 Å². The maximum absolute atomic E-state index is 13.4. The zero-order valence-corrected chi connectivity index (χ0v) is 18.2. The molecule has 0 saturated carbocycles. The van der Waals surface area contributed by atoms with E-state index in [1.807, 2.05) is 31.2 Å². The molecule has 7 heteroatoms. The predicted molar refractivity (Wildman–Crippen MR) is 120 cm³/mol. The van der Waals surface area contributed by atoms with Crippen LogP contribution < -0.4 is 9.21 Å². The third kappa shape index (κ3) is 3.46. The maximum Gasteiger partial charge on any atom is 0.264 e. The molecule has 1 amide bonds. The van der Waals surface area contributed by atoms with Crippen molar-refractivity contribution in [1.29, 1.82) is 0 Å². The number of sulfonamides is 1. The normalized spacial score (nSPS) is 15.7. The zero-order chi connectivity index (χ0) is 21.5. The molecule has 1 heterocycles. The van der Waals surface area contributed by atoms with E-state index in [1.165, 1.54) is 19.2 Å². The molecule has 3 aromatic rings. The van der Waals surface area contributed by atoms with E-state index < -0.39 is 10.0 Å². The molecule has 1 aliphatic heterocycles. The first-order valence-electron chi connectivity index (χ1n) is 9.55. The van der Waals surface area contributed by atoms with Gasteiger partial charge in [-0.15, -0.1) is 0 Å². The fourth-order valence-electron chi connectivity index (χ4n) is 3.77. The van der Waals surface area contributed by atoms with Crippen LogP contribution in [0.2, 0.25) is 5.02 Å². The van der Waals surface area contributed by atoms with Gasteiger partial charge in [0.1, 0.15) is 0 Å². The molecule has 4 rings (SSSR count). The molecule has 1 atom stereocenters. The van der Waals surface area contributed by atoms with Gasteiger partial charge in [-0.3, -0.25) is 9.10 Å². The van der Waals surface area contributed by atoms with Crippen LogP contribution in [-0.2, 0) is 16.4 Å². The topological polar surface area (TPSA) is 57.7 Å². The minimum atomic E-state index is -3.76. The summed E-state index contributed by atoms with van der Waals surface area (Å²) < 4.78 is 27.1. The van der Waals surface area contributed by atoms with Gasteiger partial charge in [0.05, 0.1) is 21.2 Å². The number of carbonyl (C=O) groups is 1. The molecule has 3 aromatic carbocycles. The van der Waals surface area contributed by atoms with Gasteiger partial charge in [0.15, 0.2) is 0 Å². The van der Waals surface area contributed by atoms with Crippen molar-refractivity contribution in [2.75, 3.05) is 16.3 Å². The second-order valence-corrected chi connectivity index (χ2v) is 9.68. The van der Waals surface area contributed by atoms with Crippen LogP contribution in [-0.4, -0.2) is 27.4 Å². The Morgan fingerprint density at radius 1 is 1.03 bits per heavy atom. The quantitative estimate of drug-likeness (QED) is 0.587. The number of fused-ring (bicyclic) bond motifs is 1. The van der Waals surface area contributed by atoms with E-state index in [2.05, 4.69) is 0 Å². The SMILES string of the molecule is C[C@H]1Cc2ccccc2N1C(=O)c1cc(N(C)S(=O)(=O)c2ccccc2)ccc1Cl. The second-order valence-electron chi connectivity index (χ2n) is 7.31. The van der Waals surface area contributed by atoms with Crippen molar-refractivity contribution in [3.05, 3.63) is 88.9 Å². The molecule has 30 heavy (non-hydrogen) atoms. The van der Waals surface area contributed by atoms with Gasteiger partial charge in [-0.2, -0.15) is 0 Å². The Morgan fingerprint density at radius 2 is 1.70 bits per heavy atom. The number of carbonyl (C=O) groups excluding carboxylic acids is 1. The summed E-state index contributed by atoms with van der Waals surface area (Å²) >= 11 is 6.36. The molecule has 0 spiro atoms. The highest BCUT2D eigenvalue weighted by Crippen LogP contribution is 2.35. The number of halogens is 1. The molecule has 0 bridgehead atoms. The maximum atomic E-state index is 13.4. The fraction of sp³-hybridized carbons (Fsp3) is 0.174. The lowest BCUT2D eigenvalue weighted by atomic mass is 10.1. The standard InChI is InChI=1S/C23H21ClN2O3S/c1-16-14-17-8-6-7-11-22(17)26(16)23(27)20-15-18(12-13-21(20)24)25(2)30(28,29)19-9-4-3-5-10-19/h3-13,15-16H,14H2,1-2H3/t16-/m0/s1. The Bertz CT molecular complexity index is 1210. The van der Waals surface area contributed by atoms with Gasteiger partial charge in [-0.1, -0.05) is 48.0 Å². The van der Waals surface area contributed by atoms with E-state index in [1.54, 1.807) is 41.3 Å². The number of para-hydroxylation sites is 1. The van der Waals surface area contributed by atoms with Crippen LogP contribution in [0.1, 0.15) is 22.8 Å². The van der Waals surface area contributed by atoms with E-state index in [-0.39, 0.29) is 27.4 Å². The van der Waals surface area contributed by atoms with Crippen LogP contribution in [0, 0.1) is 0 Å². The molecule has 154 valence electrons. The predicted octanol–water partition coefficient (Wildman–Crippen LogP) is 4.76. The second kappa shape index (κ2) is 7.78. The molecule has 0 aromatic heterocycles. The summed E-state index contributed by atoms with van der Waals surface area (Å²) in [5, 5.41) is 0.283. The smallest absolute Gasteiger partial charge is 0.264 e. The molecule has 0 radical (unpaired) electrons. The van der Waals surface area contributed by atoms with Crippen molar-refractivity contribution < 1.29 is 13.2 Å². The Labute approximate surface area is 181 Å². The zero-order valence-electron chi connectivity index (χ0n) is 16.6. The molecule has 1 aliphatic rings. The van der Waals surface area contributed by atoms with Crippen LogP contribution in [0.5, 0.6) is 0 Å². The average molecular weight is 441 g/mol. The summed E-state index contributed by atoms with van der Waals surface area (Å²) in [5.74, 6) is -0.246. The Balaban J connectivity index is 1.72. The number of benzene rings is 3. The Kier molecular flexibility index (Phi) is 5.30. The van der Waals surface area contributed by atoms with Gasteiger partial charge in [-0.05, 0) is 55.3 Å². The Morgan fingerprint density at radius 3 is 2.43 bits per heavy atom. The Hall–Kier alpha value is -2.83. The van der Waals surface area contributed by atoms with Crippen molar-refractivity contribution in [1.82, 2.24) is 0 Å². The van der Waals surface area contributed by atoms with Crippen LogP contribution in [0.4, 0.5) is 11.4 Å². The number of hydrogen-bond donors (Lipinski definition) is 0. The third-order valence-electron chi connectivity index (χ3n) is 5.37. The van der Waals surface area contributed by atoms with Crippen molar-refractivity contribution in [2.45, 2.75) is 24.3 Å². The summed E-state index contributed by atoms with van der Waals surface area (Å²) in [5.41, 5.74) is 2.61. The van der Waals surface area contributed by atoms with Crippen molar-refractivity contribution >= 4 is 38.9 Å². The largest absolute Gasteiger partial charge is 0.305 e. The average Bonchev–Trinajstić information content (AvgIpc) is 3.09. The molecule has 0 saturated heterocycles. The summed E-state index contributed by atoms with van der Waals surface area (Å²) in [6.45, 7) is 1.99. The minimum absolute atomic E-state index is 0.0135. The number of anilines is 2. The summed E-state index contributed by atoms with van der Waals surface area (Å²) in [4.78, 5) is 15.3. The van der Waals surface area contributed by atoms with Gasteiger partial charge < -0.3 is 4.90 Å². The summed E-state index contributed by atoms with van der Waals surface area (Å²) in [7, 11) is -2.29. The highest BCUT2D eigenvalue weighted by molar-refractivity contribution is 7.92. The summed E-state index contributed by atoms with van der Waals surface area (Å²) in [6, 6.07) is 20.6. The van der Waals surface area contributed by atoms with E-state index in [0.717, 1.165) is 22.0 Å². The minimum Gasteiger partial charge on any atom is -0.305 e. The number of rotatable bonds is 4. The molecule has 0 fully saturated rings. The highest BCUT2D eigenvalue weighted by Gasteiger charge is 2.32. The van der Waals surface area contributed by atoms with Crippen LogP contribution in [0.25, 0.3) is 0 Å². The highest BCUT2D eigenvalue weighted by atomic mass is 35.5. The van der Waals surface area contributed by atoms with Gasteiger partial charge in [0.25, 0.3) is 15.9 Å². The van der Waals surface area contributed by atoms with Crippen molar-refractivity contribution in [3.8, 4) is 0 Å². The molecule has 0 aliphatic carbocycles. The van der Waals surface area contributed by atoms with Crippen LogP contribution in [0.3, 0.4) is 0 Å². The lowest BCUT2D eigenvalue weighted by Crippen LogP contribution is -2.36. The number of amides is 1. The molecule has 0 N–H and O–H groups in total. The van der Waals surface area contributed by atoms with E-state index >= 15 is 0 Å². The van der Waals surface area contributed by atoms with Crippen molar-refractivity contribution in [3.63, 3.8) is 0 Å². The third-order valence-corrected chi connectivity index (χ3v) is 7.50. The lowest BCUT2D eigenvalue weighted by Gasteiger charge is -2.25. The van der Waals surface area contributed by atoms with Crippen LogP contribution >= 0.6 is 11.6 Å². The molecular formula is C23H21ClN2O3S.